The van der Waals surface area contributed by atoms with E-state index in [9.17, 15) is 22.8 Å². The fourth-order valence-electron chi connectivity index (χ4n) is 4.84. The highest BCUT2D eigenvalue weighted by atomic mass is 32.1. The number of nitrogens with zero attached hydrogens (tertiary/aromatic N) is 1. The van der Waals surface area contributed by atoms with Crippen LogP contribution in [0.15, 0.2) is 53.9 Å². The Balaban J connectivity index is 1.25. The van der Waals surface area contributed by atoms with E-state index in [2.05, 4.69) is 21.2 Å². The van der Waals surface area contributed by atoms with Crippen molar-refractivity contribution in [1.82, 2.24) is 15.8 Å². The number of rotatable bonds is 4. The predicted molar refractivity (Wildman–Crippen MR) is 126 cm³/mol. The molecule has 3 aromatic rings. The Morgan fingerprint density at radius 2 is 1.74 bits per heavy atom. The summed E-state index contributed by atoms with van der Waals surface area (Å²) in [4.78, 5) is 29.2. The number of amides is 2. The van der Waals surface area contributed by atoms with Gasteiger partial charge in [-0.1, -0.05) is 37.1 Å². The summed E-state index contributed by atoms with van der Waals surface area (Å²) in [7, 11) is 0. The lowest BCUT2D eigenvalue weighted by atomic mass is 9.72. The quantitative estimate of drug-likeness (QED) is 0.438. The average molecular weight is 501 g/mol. The standard InChI is InChI=1S/C25H23F3N4O2S/c26-25(27,28)16-9-5-15(6-10-16)24-30-20(13-35-24)23(34)29-17-11-7-14(8-12-17)21-18-3-1-2-4-19(18)22(33)32-31-21/h5-13,18-19,21,31H,1-4H2,(H,29,34)(H,32,33). The Kier molecular flexibility index (Phi) is 6.33. The number of hydrazine groups is 1. The maximum atomic E-state index is 12.8. The molecule has 1 aliphatic heterocycles. The van der Waals surface area contributed by atoms with Crippen molar-refractivity contribution < 1.29 is 22.8 Å². The molecule has 3 N–H and O–H groups in total. The first kappa shape index (κ1) is 23.5. The molecule has 0 spiro atoms. The van der Waals surface area contributed by atoms with E-state index in [1.54, 1.807) is 5.38 Å². The van der Waals surface area contributed by atoms with Crippen LogP contribution in [-0.2, 0) is 11.0 Å². The molecule has 1 aromatic heterocycles. The van der Waals surface area contributed by atoms with E-state index in [-0.39, 0.29) is 29.5 Å². The first-order valence-electron chi connectivity index (χ1n) is 11.4. The number of hydrogen-bond donors (Lipinski definition) is 3. The van der Waals surface area contributed by atoms with E-state index in [0.717, 1.165) is 43.4 Å². The fourth-order valence-corrected chi connectivity index (χ4v) is 5.65. The molecule has 1 aliphatic carbocycles. The molecule has 2 aromatic carbocycles. The van der Waals surface area contributed by atoms with Crippen LogP contribution < -0.4 is 16.2 Å². The maximum absolute atomic E-state index is 12.8. The Bertz CT molecular complexity index is 1220. The molecule has 2 heterocycles. The molecular formula is C25H23F3N4O2S. The summed E-state index contributed by atoms with van der Waals surface area (Å²) in [6.45, 7) is 0. The summed E-state index contributed by atoms with van der Waals surface area (Å²) < 4.78 is 38.3. The molecule has 5 rings (SSSR count). The van der Waals surface area contributed by atoms with Crippen molar-refractivity contribution in [2.45, 2.75) is 37.9 Å². The molecule has 2 amide bonds. The number of nitrogens with one attached hydrogen (secondary N) is 3. The molecule has 3 unspecified atom stereocenters. The molecule has 3 atom stereocenters. The number of carbonyl (C=O) groups is 2. The van der Waals surface area contributed by atoms with E-state index in [1.165, 1.54) is 23.5 Å². The minimum Gasteiger partial charge on any atom is -0.321 e. The third kappa shape index (κ3) is 4.94. The zero-order valence-corrected chi connectivity index (χ0v) is 19.4. The van der Waals surface area contributed by atoms with Crippen molar-refractivity contribution in [3.8, 4) is 10.6 Å². The van der Waals surface area contributed by atoms with Gasteiger partial charge in [-0.3, -0.25) is 15.0 Å². The van der Waals surface area contributed by atoms with Gasteiger partial charge in [0.25, 0.3) is 5.91 Å². The number of thiazole rings is 1. The number of aromatic nitrogens is 1. The molecule has 2 aliphatic rings. The van der Waals surface area contributed by atoms with Crippen LogP contribution in [0.2, 0.25) is 0 Å². The highest BCUT2D eigenvalue weighted by Gasteiger charge is 2.40. The van der Waals surface area contributed by atoms with E-state index in [0.29, 0.717) is 16.3 Å². The van der Waals surface area contributed by atoms with Crippen molar-refractivity contribution in [3.63, 3.8) is 0 Å². The van der Waals surface area contributed by atoms with E-state index < -0.39 is 17.6 Å². The van der Waals surface area contributed by atoms with Crippen LogP contribution in [0.1, 0.15) is 53.3 Å². The lowest BCUT2D eigenvalue weighted by Crippen LogP contribution is -2.55. The van der Waals surface area contributed by atoms with Crippen LogP contribution in [0.4, 0.5) is 18.9 Å². The SMILES string of the molecule is O=C(Nc1ccc(C2NNC(=O)C3CCCCC32)cc1)c1csc(-c2ccc(C(F)(F)F)cc2)n1. The molecule has 2 fully saturated rings. The zero-order chi connectivity index (χ0) is 24.6. The fraction of sp³-hybridized carbons (Fsp3) is 0.320. The van der Waals surface area contributed by atoms with Crippen molar-refractivity contribution in [2.24, 2.45) is 11.8 Å². The van der Waals surface area contributed by atoms with Crippen LogP contribution in [0.5, 0.6) is 0 Å². The van der Waals surface area contributed by atoms with Gasteiger partial charge in [0.1, 0.15) is 10.7 Å². The normalized spacial score (nSPS) is 22.3. The van der Waals surface area contributed by atoms with Crippen LogP contribution in [0.25, 0.3) is 10.6 Å². The van der Waals surface area contributed by atoms with Gasteiger partial charge in [-0.15, -0.1) is 11.3 Å². The minimum atomic E-state index is -4.40. The summed E-state index contributed by atoms with van der Waals surface area (Å²) >= 11 is 1.19. The van der Waals surface area contributed by atoms with Gasteiger partial charge in [0.05, 0.1) is 11.6 Å². The Labute approximate surface area is 203 Å². The van der Waals surface area contributed by atoms with E-state index in [1.807, 2.05) is 24.3 Å². The van der Waals surface area contributed by atoms with Gasteiger partial charge in [-0.05, 0) is 48.6 Å². The summed E-state index contributed by atoms with van der Waals surface area (Å²) in [6, 6.07) is 12.2. The van der Waals surface area contributed by atoms with E-state index >= 15 is 0 Å². The number of hydrogen-bond acceptors (Lipinski definition) is 5. The summed E-state index contributed by atoms with van der Waals surface area (Å²) in [5.41, 5.74) is 7.56. The van der Waals surface area contributed by atoms with Gasteiger partial charge in [-0.25, -0.2) is 10.4 Å². The molecule has 0 bridgehead atoms. The summed E-state index contributed by atoms with van der Waals surface area (Å²) in [5, 5.41) is 4.85. The topological polar surface area (TPSA) is 83.1 Å². The Hall–Kier alpha value is -3.24. The van der Waals surface area contributed by atoms with Crippen molar-refractivity contribution in [3.05, 3.63) is 70.7 Å². The molecule has 1 saturated heterocycles. The molecule has 1 saturated carbocycles. The number of fused-ring (bicyclic) bond motifs is 1. The van der Waals surface area contributed by atoms with Gasteiger partial charge in [0.2, 0.25) is 5.91 Å². The second kappa shape index (κ2) is 9.43. The molecule has 0 radical (unpaired) electrons. The maximum Gasteiger partial charge on any atom is 0.416 e. The summed E-state index contributed by atoms with van der Waals surface area (Å²) in [5.74, 6) is -0.0641. The van der Waals surface area contributed by atoms with Gasteiger partial charge >= 0.3 is 6.18 Å². The summed E-state index contributed by atoms with van der Waals surface area (Å²) in [6.07, 6.45) is -0.308. The second-order valence-corrected chi connectivity index (χ2v) is 9.71. The molecule has 10 heteroatoms. The van der Waals surface area contributed by atoms with Crippen molar-refractivity contribution >= 4 is 28.8 Å². The third-order valence-corrected chi connectivity index (χ3v) is 7.55. The zero-order valence-electron chi connectivity index (χ0n) is 18.6. The smallest absolute Gasteiger partial charge is 0.321 e. The number of anilines is 1. The van der Waals surface area contributed by atoms with Crippen LogP contribution in [0.3, 0.4) is 0 Å². The van der Waals surface area contributed by atoms with Crippen LogP contribution >= 0.6 is 11.3 Å². The monoisotopic (exact) mass is 500 g/mol. The van der Waals surface area contributed by atoms with Crippen LogP contribution in [-0.4, -0.2) is 16.8 Å². The largest absolute Gasteiger partial charge is 0.416 e. The average Bonchev–Trinajstić information content (AvgIpc) is 3.35. The van der Waals surface area contributed by atoms with Crippen molar-refractivity contribution in [1.29, 1.82) is 0 Å². The Morgan fingerprint density at radius 1 is 1.03 bits per heavy atom. The first-order valence-corrected chi connectivity index (χ1v) is 12.3. The van der Waals surface area contributed by atoms with E-state index in [4.69, 9.17) is 0 Å². The molecular weight excluding hydrogens is 477 g/mol. The van der Waals surface area contributed by atoms with Gasteiger partial charge < -0.3 is 5.32 Å². The lowest BCUT2D eigenvalue weighted by molar-refractivity contribution is -0.137. The van der Waals surface area contributed by atoms with Gasteiger partial charge in [0.15, 0.2) is 0 Å². The second-order valence-electron chi connectivity index (χ2n) is 8.86. The number of benzene rings is 2. The highest BCUT2D eigenvalue weighted by molar-refractivity contribution is 7.13. The number of halogens is 3. The molecule has 35 heavy (non-hydrogen) atoms. The highest BCUT2D eigenvalue weighted by Crippen LogP contribution is 2.40. The van der Waals surface area contributed by atoms with Gasteiger partial charge in [-0.2, -0.15) is 13.2 Å². The predicted octanol–water partition coefficient (Wildman–Crippen LogP) is 5.56. The molecule has 6 nitrogen and oxygen atoms in total. The van der Waals surface area contributed by atoms with Gasteiger partial charge in [0, 0.05) is 22.5 Å². The van der Waals surface area contributed by atoms with Crippen LogP contribution in [0, 0.1) is 11.8 Å². The molecule has 182 valence electrons. The minimum absolute atomic E-state index is 0.0209. The number of alkyl halides is 3. The number of carbonyl (C=O) groups excluding carboxylic acids is 2. The third-order valence-electron chi connectivity index (χ3n) is 6.66. The first-order chi connectivity index (χ1) is 16.8. The lowest BCUT2D eigenvalue weighted by Gasteiger charge is -2.41. The Morgan fingerprint density at radius 3 is 2.46 bits per heavy atom. The van der Waals surface area contributed by atoms with Crippen molar-refractivity contribution in [2.75, 3.05) is 5.32 Å².